The Hall–Kier alpha value is -1.11. The molecule has 0 aliphatic carbocycles. The number of piperidine rings is 1. The monoisotopic (exact) mass is 349 g/mol. The van der Waals surface area contributed by atoms with Gasteiger partial charge >= 0.3 is 0 Å². The first kappa shape index (κ1) is 17.7. The van der Waals surface area contributed by atoms with E-state index >= 15 is 0 Å². The Bertz CT molecular complexity index is 521. The predicted octanol–water partition coefficient (Wildman–Crippen LogP) is 1.76. The SMILES string of the molecule is CN=C(NCCN1CCCCC1)NCCN1CCc2sccc2C1. The van der Waals surface area contributed by atoms with Crippen LogP contribution in [-0.2, 0) is 13.0 Å². The van der Waals surface area contributed by atoms with Crippen LogP contribution in [0.5, 0.6) is 0 Å². The second-order valence-corrected chi connectivity index (χ2v) is 7.72. The number of fused-ring (bicyclic) bond motifs is 1. The molecule has 0 saturated carbocycles. The number of thiophene rings is 1. The van der Waals surface area contributed by atoms with Crippen LogP contribution >= 0.6 is 11.3 Å². The van der Waals surface area contributed by atoms with E-state index in [2.05, 4.69) is 36.9 Å². The number of hydrogen-bond donors (Lipinski definition) is 2. The first-order valence-corrected chi connectivity index (χ1v) is 10.2. The Kier molecular flexibility index (Phi) is 6.93. The second-order valence-electron chi connectivity index (χ2n) is 6.72. The summed E-state index contributed by atoms with van der Waals surface area (Å²) in [4.78, 5) is 11.0. The number of hydrogen-bond acceptors (Lipinski definition) is 4. The average Bonchev–Trinajstić information content (AvgIpc) is 3.09. The summed E-state index contributed by atoms with van der Waals surface area (Å²) in [5, 5.41) is 9.12. The first-order chi connectivity index (χ1) is 11.8. The fourth-order valence-electron chi connectivity index (χ4n) is 3.57. The second kappa shape index (κ2) is 9.39. The normalized spacial score (nSPS) is 20.0. The summed E-state index contributed by atoms with van der Waals surface area (Å²) in [6.45, 7) is 8.90. The van der Waals surface area contributed by atoms with E-state index in [9.17, 15) is 0 Å². The maximum atomic E-state index is 4.34. The van der Waals surface area contributed by atoms with Gasteiger partial charge in [-0.2, -0.15) is 0 Å². The van der Waals surface area contributed by atoms with Crippen molar-refractivity contribution in [2.75, 3.05) is 52.9 Å². The Morgan fingerprint density at radius 3 is 2.58 bits per heavy atom. The molecular formula is C18H31N5S. The molecule has 0 bridgehead atoms. The molecule has 3 heterocycles. The van der Waals surface area contributed by atoms with Gasteiger partial charge in [-0.3, -0.25) is 9.89 Å². The molecule has 0 spiro atoms. The van der Waals surface area contributed by atoms with E-state index in [0.29, 0.717) is 0 Å². The predicted molar refractivity (Wildman–Crippen MR) is 103 cm³/mol. The van der Waals surface area contributed by atoms with Crippen molar-refractivity contribution in [1.29, 1.82) is 0 Å². The Labute approximate surface area is 150 Å². The summed E-state index contributed by atoms with van der Waals surface area (Å²) in [5.41, 5.74) is 1.52. The molecule has 134 valence electrons. The van der Waals surface area contributed by atoms with Crippen LogP contribution in [0.15, 0.2) is 16.4 Å². The van der Waals surface area contributed by atoms with Gasteiger partial charge in [-0.05, 0) is 49.4 Å². The number of rotatable bonds is 6. The molecular weight excluding hydrogens is 318 g/mol. The first-order valence-electron chi connectivity index (χ1n) is 9.29. The highest BCUT2D eigenvalue weighted by Crippen LogP contribution is 2.23. The van der Waals surface area contributed by atoms with Crippen LogP contribution in [0.25, 0.3) is 0 Å². The van der Waals surface area contributed by atoms with Crippen LogP contribution in [0.3, 0.4) is 0 Å². The van der Waals surface area contributed by atoms with E-state index in [-0.39, 0.29) is 0 Å². The number of guanidine groups is 1. The van der Waals surface area contributed by atoms with Crippen molar-refractivity contribution in [3.63, 3.8) is 0 Å². The highest BCUT2D eigenvalue weighted by molar-refractivity contribution is 7.10. The minimum Gasteiger partial charge on any atom is -0.355 e. The highest BCUT2D eigenvalue weighted by atomic mass is 32.1. The molecule has 24 heavy (non-hydrogen) atoms. The van der Waals surface area contributed by atoms with Crippen molar-refractivity contribution < 1.29 is 0 Å². The maximum Gasteiger partial charge on any atom is 0.191 e. The third-order valence-electron chi connectivity index (χ3n) is 5.00. The molecule has 2 aliphatic heterocycles. The third kappa shape index (κ3) is 5.19. The molecule has 0 radical (unpaired) electrons. The minimum absolute atomic E-state index is 0.931. The van der Waals surface area contributed by atoms with Crippen molar-refractivity contribution in [3.05, 3.63) is 21.9 Å². The van der Waals surface area contributed by atoms with Gasteiger partial charge in [0.05, 0.1) is 0 Å². The summed E-state index contributed by atoms with van der Waals surface area (Å²) in [7, 11) is 1.86. The lowest BCUT2D eigenvalue weighted by Crippen LogP contribution is -2.45. The summed E-state index contributed by atoms with van der Waals surface area (Å²) >= 11 is 1.91. The van der Waals surface area contributed by atoms with Gasteiger partial charge in [0.2, 0.25) is 0 Å². The molecule has 1 saturated heterocycles. The van der Waals surface area contributed by atoms with Crippen molar-refractivity contribution in [1.82, 2.24) is 20.4 Å². The fourth-order valence-corrected chi connectivity index (χ4v) is 4.46. The Balaban J connectivity index is 1.30. The van der Waals surface area contributed by atoms with Crippen LogP contribution in [0.4, 0.5) is 0 Å². The molecule has 2 aliphatic rings. The lowest BCUT2D eigenvalue weighted by atomic mass is 10.1. The molecule has 1 aromatic heterocycles. The molecule has 1 aromatic rings. The third-order valence-corrected chi connectivity index (χ3v) is 6.02. The molecule has 0 amide bonds. The number of aliphatic imine (C=N–C) groups is 1. The molecule has 6 heteroatoms. The van der Waals surface area contributed by atoms with Gasteiger partial charge in [0, 0.05) is 51.2 Å². The zero-order valence-corrected chi connectivity index (χ0v) is 15.7. The maximum absolute atomic E-state index is 4.34. The van der Waals surface area contributed by atoms with Crippen LogP contribution in [0, 0.1) is 0 Å². The van der Waals surface area contributed by atoms with Crippen LogP contribution in [0.1, 0.15) is 29.7 Å². The van der Waals surface area contributed by atoms with Crippen LogP contribution < -0.4 is 10.6 Å². The van der Waals surface area contributed by atoms with E-state index in [1.807, 2.05) is 18.4 Å². The molecule has 0 aromatic carbocycles. The molecule has 2 N–H and O–H groups in total. The standard InChI is InChI=1S/C18H31N5S/c1-19-18(20-7-12-22-9-3-2-4-10-22)21-8-13-23-11-5-17-16(15-23)6-14-24-17/h6,14H,2-5,7-13,15H2,1H3,(H2,19,20,21). The fraction of sp³-hybridized carbons (Fsp3) is 0.722. The topological polar surface area (TPSA) is 42.9 Å². The lowest BCUT2D eigenvalue weighted by molar-refractivity contribution is 0.232. The number of nitrogens with one attached hydrogen (secondary N) is 2. The summed E-state index contributed by atoms with van der Waals surface area (Å²) in [6.07, 6.45) is 5.32. The zero-order valence-electron chi connectivity index (χ0n) is 14.9. The van der Waals surface area contributed by atoms with Gasteiger partial charge in [-0.1, -0.05) is 6.42 Å². The van der Waals surface area contributed by atoms with Gasteiger partial charge in [0.25, 0.3) is 0 Å². The van der Waals surface area contributed by atoms with Crippen LogP contribution in [0.2, 0.25) is 0 Å². The molecule has 0 unspecified atom stereocenters. The number of nitrogens with zero attached hydrogens (tertiary/aromatic N) is 3. The summed E-state index contributed by atoms with van der Waals surface area (Å²) in [6, 6.07) is 2.28. The van der Waals surface area contributed by atoms with Crippen molar-refractivity contribution in [2.24, 2.45) is 4.99 Å². The van der Waals surface area contributed by atoms with Gasteiger partial charge in [0.1, 0.15) is 0 Å². The molecule has 0 atom stereocenters. The van der Waals surface area contributed by atoms with Gasteiger partial charge in [-0.25, -0.2) is 0 Å². The van der Waals surface area contributed by atoms with Crippen molar-refractivity contribution in [3.8, 4) is 0 Å². The van der Waals surface area contributed by atoms with Crippen molar-refractivity contribution in [2.45, 2.75) is 32.2 Å². The van der Waals surface area contributed by atoms with Crippen molar-refractivity contribution >= 4 is 17.3 Å². The zero-order chi connectivity index (χ0) is 16.6. The van der Waals surface area contributed by atoms with Gasteiger partial charge < -0.3 is 15.5 Å². The largest absolute Gasteiger partial charge is 0.355 e. The van der Waals surface area contributed by atoms with E-state index in [1.54, 1.807) is 4.88 Å². The smallest absolute Gasteiger partial charge is 0.191 e. The Morgan fingerprint density at radius 2 is 1.83 bits per heavy atom. The Morgan fingerprint density at radius 1 is 1.08 bits per heavy atom. The van der Waals surface area contributed by atoms with Crippen LogP contribution in [-0.4, -0.2) is 68.6 Å². The molecule has 3 rings (SSSR count). The van der Waals surface area contributed by atoms with E-state index in [1.165, 1.54) is 50.9 Å². The lowest BCUT2D eigenvalue weighted by Gasteiger charge is -2.27. The summed E-state index contributed by atoms with van der Waals surface area (Å²) in [5.74, 6) is 0.931. The van der Waals surface area contributed by atoms with E-state index in [0.717, 1.165) is 38.7 Å². The van der Waals surface area contributed by atoms with Gasteiger partial charge in [0.15, 0.2) is 5.96 Å². The quantitative estimate of drug-likeness (QED) is 0.607. The average molecular weight is 350 g/mol. The highest BCUT2D eigenvalue weighted by Gasteiger charge is 2.16. The van der Waals surface area contributed by atoms with E-state index < -0.39 is 0 Å². The molecule has 5 nitrogen and oxygen atoms in total. The van der Waals surface area contributed by atoms with E-state index in [4.69, 9.17) is 0 Å². The number of likely N-dealkylation sites (tertiary alicyclic amines) is 1. The molecule has 1 fully saturated rings. The summed E-state index contributed by atoms with van der Waals surface area (Å²) < 4.78 is 0. The minimum atomic E-state index is 0.931. The van der Waals surface area contributed by atoms with Gasteiger partial charge in [-0.15, -0.1) is 11.3 Å².